The van der Waals surface area contributed by atoms with Crippen LogP contribution in [-0.2, 0) is 10.2 Å². The molecule has 0 bridgehead atoms. The van der Waals surface area contributed by atoms with Crippen molar-refractivity contribution in [3.05, 3.63) is 0 Å². The summed E-state index contributed by atoms with van der Waals surface area (Å²) < 4.78 is 28.0. The molecule has 0 spiro atoms. The summed E-state index contributed by atoms with van der Waals surface area (Å²) in [6.07, 6.45) is 1.12. The SMILES string of the molecule is CCN(CC)S(=O)(=O)NCC1CNCCC1C. The summed E-state index contributed by atoms with van der Waals surface area (Å²) in [4.78, 5) is 0. The van der Waals surface area contributed by atoms with Gasteiger partial charge in [0.25, 0.3) is 10.2 Å². The highest BCUT2D eigenvalue weighted by molar-refractivity contribution is 7.87. The van der Waals surface area contributed by atoms with Gasteiger partial charge in [-0.2, -0.15) is 12.7 Å². The van der Waals surface area contributed by atoms with Crippen molar-refractivity contribution in [1.29, 1.82) is 0 Å². The zero-order valence-corrected chi connectivity index (χ0v) is 11.9. The van der Waals surface area contributed by atoms with Gasteiger partial charge in [-0.25, -0.2) is 4.72 Å². The van der Waals surface area contributed by atoms with Gasteiger partial charge in [-0.1, -0.05) is 20.8 Å². The Hall–Kier alpha value is -0.170. The van der Waals surface area contributed by atoms with Crippen LogP contribution in [0, 0.1) is 11.8 Å². The topological polar surface area (TPSA) is 61.4 Å². The van der Waals surface area contributed by atoms with E-state index in [4.69, 9.17) is 0 Å². The van der Waals surface area contributed by atoms with E-state index >= 15 is 0 Å². The Morgan fingerprint density at radius 3 is 2.53 bits per heavy atom. The number of nitrogens with zero attached hydrogens (tertiary/aromatic N) is 1. The molecule has 102 valence electrons. The molecular weight excluding hydrogens is 238 g/mol. The third-order valence-corrected chi connectivity index (χ3v) is 5.29. The van der Waals surface area contributed by atoms with E-state index in [1.165, 1.54) is 4.31 Å². The molecule has 2 atom stereocenters. The summed E-state index contributed by atoms with van der Waals surface area (Å²) in [5, 5.41) is 3.31. The number of piperidine rings is 1. The van der Waals surface area contributed by atoms with Crippen LogP contribution in [-0.4, -0.2) is 45.4 Å². The fourth-order valence-corrected chi connectivity index (χ4v) is 3.48. The van der Waals surface area contributed by atoms with Crippen LogP contribution in [0.3, 0.4) is 0 Å². The maximum atomic E-state index is 11.9. The van der Waals surface area contributed by atoms with Crippen molar-refractivity contribution in [2.45, 2.75) is 27.2 Å². The molecule has 6 heteroatoms. The van der Waals surface area contributed by atoms with Gasteiger partial charge < -0.3 is 5.32 Å². The van der Waals surface area contributed by atoms with Crippen LogP contribution < -0.4 is 10.0 Å². The highest BCUT2D eigenvalue weighted by Gasteiger charge is 2.24. The van der Waals surface area contributed by atoms with Crippen LogP contribution in [0.5, 0.6) is 0 Å². The number of hydrogen-bond acceptors (Lipinski definition) is 3. The zero-order chi connectivity index (χ0) is 12.9. The summed E-state index contributed by atoms with van der Waals surface area (Å²) in [6, 6.07) is 0. The first-order chi connectivity index (χ1) is 8.01. The lowest BCUT2D eigenvalue weighted by Gasteiger charge is -2.30. The molecule has 0 amide bonds. The van der Waals surface area contributed by atoms with Crippen LogP contribution in [0.2, 0.25) is 0 Å². The molecule has 5 nitrogen and oxygen atoms in total. The van der Waals surface area contributed by atoms with Crippen molar-refractivity contribution in [2.75, 3.05) is 32.7 Å². The third kappa shape index (κ3) is 4.21. The predicted octanol–water partition coefficient (Wildman–Crippen LogP) is 0.408. The van der Waals surface area contributed by atoms with Crippen LogP contribution in [0.15, 0.2) is 0 Å². The fourth-order valence-electron chi connectivity index (χ4n) is 2.19. The lowest BCUT2D eigenvalue weighted by molar-refractivity contribution is 0.273. The van der Waals surface area contributed by atoms with Crippen molar-refractivity contribution >= 4 is 10.2 Å². The third-order valence-electron chi connectivity index (χ3n) is 3.56. The molecule has 1 aliphatic rings. The van der Waals surface area contributed by atoms with Gasteiger partial charge in [0.2, 0.25) is 0 Å². The normalized spacial score (nSPS) is 26.4. The van der Waals surface area contributed by atoms with Gasteiger partial charge in [0.15, 0.2) is 0 Å². The maximum absolute atomic E-state index is 11.9. The van der Waals surface area contributed by atoms with Crippen molar-refractivity contribution in [1.82, 2.24) is 14.3 Å². The molecule has 2 unspecified atom stereocenters. The minimum Gasteiger partial charge on any atom is -0.316 e. The Bertz CT molecular complexity index is 315. The van der Waals surface area contributed by atoms with E-state index in [1.54, 1.807) is 0 Å². The van der Waals surface area contributed by atoms with E-state index in [0.29, 0.717) is 31.5 Å². The van der Waals surface area contributed by atoms with Crippen molar-refractivity contribution in [3.8, 4) is 0 Å². The summed E-state index contributed by atoms with van der Waals surface area (Å²) in [5.41, 5.74) is 0. The van der Waals surface area contributed by atoms with Crippen molar-refractivity contribution in [3.63, 3.8) is 0 Å². The quantitative estimate of drug-likeness (QED) is 0.729. The molecule has 1 heterocycles. The Morgan fingerprint density at radius 1 is 1.35 bits per heavy atom. The molecule has 0 aromatic rings. The second-order valence-corrected chi connectivity index (χ2v) is 6.42. The van der Waals surface area contributed by atoms with Crippen molar-refractivity contribution in [2.24, 2.45) is 11.8 Å². The van der Waals surface area contributed by atoms with E-state index in [2.05, 4.69) is 17.0 Å². The highest BCUT2D eigenvalue weighted by atomic mass is 32.2. The van der Waals surface area contributed by atoms with Crippen molar-refractivity contribution < 1.29 is 8.42 Å². The predicted molar refractivity (Wildman–Crippen MR) is 70.0 cm³/mol. The average Bonchev–Trinajstić information content (AvgIpc) is 2.29. The Kier molecular flexibility index (Phi) is 5.85. The van der Waals surface area contributed by atoms with Crippen LogP contribution >= 0.6 is 0 Å². The highest BCUT2D eigenvalue weighted by Crippen LogP contribution is 2.17. The Balaban J connectivity index is 2.48. The number of rotatable bonds is 6. The Labute approximate surface area is 105 Å². The molecule has 0 saturated carbocycles. The molecule has 0 aliphatic carbocycles. The van der Waals surface area contributed by atoms with Crippen LogP contribution in [0.1, 0.15) is 27.2 Å². The first kappa shape index (κ1) is 14.9. The summed E-state index contributed by atoms with van der Waals surface area (Å²) in [6.45, 7) is 9.42. The van der Waals surface area contributed by atoms with Gasteiger partial charge >= 0.3 is 0 Å². The summed E-state index contributed by atoms with van der Waals surface area (Å²) in [5.74, 6) is 0.977. The second-order valence-electron chi connectivity index (χ2n) is 4.67. The lowest BCUT2D eigenvalue weighted by Crippen LogP contribution is -2.46. The van der Waals surface area contributed by atoms with E-state index in [1.807, 2.05) is 13.8 Å². The first-order valence-corrected chi connectivity index (χ1v) is 7.90. The minimum atomic E-state index is -3.29. The Morgan fingerprint density at radius 2 is 2.00 bits per heavy atom. The molecule has 1 fully saturated rings. The second kappa shape index (κ2) is 6.68. The average molecular weight is 263 g/mol. The van der Waals surface area contributed by atoms with E-state index in [-0.39, 0.29) is 0 Å². The molecular formula is C11H25N3O2S. The van der Waals surface area contributed by atoms with Gasteiger partial charge in [0, 0.05) is 19.6 Å². The van der Waals surface area contributed by atoms with E-state index in [0.717, 1.165) is 19.5 Å². The smallest absolute Gasteiger partial charge is 0.279 e. The number of hydrogen-bond donors (Lipinski definition) is 2. The molecule has 2 N–H and O–H groups in total. The lowest BCUT2D eigenvalue weighted by atomic mass is 9.88. The summed E-state index contributed by atoms with van der Waals surface area (Å²) >= 11 is 0. The van der Waals surface area contributed by atoms with Crippen LogP contribution in [0.25, 0.3) is 0 Å². The van der Waals surface area contributed by atoms with E-state index in [9.17, 15) is 8.42 Å². The minimum absolute atomic E-state index is 0.397. The fraction of sp³-hybridized carbons (Fsp3) is 1.00. The largest absolute Gasteiger partial charge is 0.316 e. The van der Waals surface area contributed by atoms with Gasteiger partial charge in [-0.15, -0.1) is 0 Å². The van der Waals surface area contributed by atoms with E-state index < -0.39 is 10.2 Å². The monoisotopic (exact) mass is 263 g/mol. The van der Waals surface area contributed by atoms with Gasteiger partial charge in [0.05, 0.1) is 0 Å². The van der Waals surface area contributed by atoms with Crippen LogP contribution in [0.4, 0.5) is 0 Å². The molecule has 0 aromatic heterocycles. The molecule has 17 heavy (non-hydrogen) atoms. The number of nitrogens with one attached hydrogen (secondary N) is 2. The molecule has 1 aliphatic heterocycles. The van der Waals surface area contributed by atoms with Gasteiger partial charge in [-0.3, -0.25) is 0 Å². The molecule has 0 radical (unpaired) electrons. The molecule has 1 rings (SSSR count). The molecule has 1 saturated heterocycles. The molecule has 0 aromatic carbocycles. The first-order valence-electron chi connectivity index (χ1n) is 6.46. The summed E-state index contributed by atoms with van der Waals surface area (Å²) in [7, 11) is -3.29. The van der Waals surface area contributed by atoms with Gasteiger partial charge in [-0.05, 0) is 31.3 Å². The maximum Gasteiger partial charge on any atom is 0.279 e. The standard InChI is InChI=1S/C11H25N3O2S/c1-4-14(5-2)17(15,16)13-9-11-8-12-7-6-10(11)3/h10-13H,4-9H2,1-3H3. The zero-order valence-electron chi connectivity index (χ0n) is 11.1. The van der Waals surface area contributed by atoms with Gasteiger partial charge in [0.1, 0.15) is 0 Å².